The van der Waals surface area contributed by atoms with E-state index in [0.29, 0.717) is 12.1 Å². The van der Waals surface area contributed by atoms with Gasteiger partial charge in [-0.3, -0.25) is 0 Å². The molecule has 108 valence electrons. The average molecular weight is 275 g/mol. The van der Waals surface area contributed by atoms with E-state index in [1.807, 2.05) is 0 Å². The highest BCUT2D eigenvalue weighted by Gasteiger charge is 2.15. The van der Waals surface area contributed by atoms with Crippen LogP contribution in [0.3, 0.4) is 0 Å². The Kier molecular flexibility index (Phi) is 5.51. The van der Waals surface area contributed by atoms with Crippen molar-refractivity contribution < 1.29 is 4.39 Å². The second-order valence-electron chi connectivity index (χ2n) is 5.63. The standard InChI is InChI=1S/C16H22FN3/c1-20-8-5-13(6-9-20)4-7-19-12-15-10-16(17)3-2-14(15)11-18/h2-3,10,13,19H,4-9,12H2,1H3. The predicted octanol–water partition coefficient (Wildman–Crippen LogP) is 2.52. The quantitative estimate of drug-likeness (QED) is 0.839. The summed E-state index contributed by atoms with van der Waals surface area (Å²) >= 11 is 0. The van der Waals surface area contributed by atoms with Crippen molar-refractivity contribution in [2.45, 2.75) is 25.8 Å². The molecule has 0 saturated carbocycles. The summed E-state index contributed by atoms with van der Waals surface area (Å²) in [6.45, 7) is 3.86. The molecule has 1 saturated heterocycles. The number of nitriles is 1. The maximum atomic E-state index is 13.2. The average Bonchev–Trinajstić information content (AvgIpc) is 2.46. The van der Waals surface area contributed by atoms with E-state index in [0.717, 1.165) is 24.4 Å². The lowest BCUT2D eigenvalue weighted by Crippen LogP contribution is -2.31. The SMILES string of the molecule is CN1CCC(CCNCc2cc(F)ccc2C#N)CC1. The minimum Gasteiger partial charge on any atom is -0.313 e. The van der Waals surface area contributed by atoms with Gasteiger partial charge in [-0.15, -0.1) is 0 Å². The van der Waals surface area contributed by atoms with Crippen LogP contribution in [-0.4, -0.2) is 31.6 Å². The molecule has 1 aliphatic rings. The Hall–Kier alpha value is -1.44. The van der Waals surface area contributed by atoms with Crippen molar-refractivity contribution in [2.24, 2.45) is 5.92 Å². The lowest BCUT2D eigenvalue weighted by Gasteiger charge is -2.28. The van der Waals surface area contributed by atoms with Crippen LogP contribution in [0.4, 0.5) is 4.39 Å². The molecule has 0 bridgehead atoms. The van der Waals surface area contributed by atoms with Crippen molar-refractivity contribution in [3.63, 3.8) is 0 Å². The first-order valence-electron chi connectivity index (χ1n) is 7.27. The monoisotopic (exact) mass is 275 g/mol. The Labute approximate surface area is 120 Å². The molecular weight excluding hydrogens is 253 g/mol. The number of piperidine rings is 1. The van der Waals surface area contributed by atoms with E-state index in [1.165, 1.54) is 38.1 Å². The van der Waals surface area contributed by atoms with Gasteiger partial charge in [0.15, 0.2) is 0 Å². The van der Waals surface area contributed by atoms with Crippen LogP contribution in [0, 0.1) is 23.1 Å². The molecule has 0 spiro atoms. The molecule has 4 heteroatoms. The highest BCUT2D eigenvalue weighted by molar-refractivity contribution is 5.37. The van der Waals surface area contributed by atoms with E-state index >= 15 is 0 Å². The number of hydrogen-bond donors (Lipinski definition) is 1. The normalized spacial score (nSPS) is 17.1. The largest absolute Gasteiger partial charge is 0.313 e. The van der Waals surface area contributed by atoms with Crippen molar-refractivity contribution in [1.82, 2.24) is 10.2 Å². The van der Waals surface area contributed by atoms with Crippen molar-refractivity contribution in [2.75, 3.05) is 26.7 Å². The fourth-order valence-corrected chi connectivity index (χ4v) is 2.70. The van der Waals surface area contributed by atoms with E-state index in [-0.39, 0.29) is 5.82 Å². The van der Waals surface area contributed by atoms with Gasteiger partial charge in [-0.05, 0) is 75.6 Å². The third kappa shape index (κ3) is 4.29. The number of nitrogens with one attached hydrogen (secondary N) is 1. The molecule has 1 heterocycles. The van der Waals surface area contributed by atoms with Crippen LogP contribution in [0.2, 0.25) is 0 Å². The highest BCUT2D eigenvalue weighted by atomic mass is 19.1. The van der Waals surface area contributed by atoms with Crippen molar-refractivity contribution in [3.8, 4) is 6.07 Å². The third-order valence-electron chi connectivity index (χ3n) is 4.07. The molecule has 1 aromatic rings. The number of halogens is 1. The minimum absolute atomic E-state index is 0.281. The zero-order chi connectivity index (χ0) is 14.4. The zero-order valence-corrected chi connectivity index (χ0v) is 12.0. The Bertz CT molecular complexity index is 473. The number of hydrogen-bond acceptors (Lipinski definition) is 3. The Morgan fingerprint density at radius 3 is 2.85 bits per heavy atom. The van der Waals surface area contributed by atoms with E-state index in [1.54, 1.807) is 6.07 Å². The van der Waals surface area contributed by atoms with Crippen molar-refractivity contribution in [1.29, 1.82) is 5.26 Å². The minimum atomic E-state index is -0.281. The maximum absolute atomic E-state index is 13.2. The van der Waals surface area contributed by atoms with Gasteiger partial charge in [0.05, 0.1) is 11.6 Å². The summed E-state index contributed by atoms with van der Waals surface area (Å²) in [5, 5.41) is 12.3. The maximum Gasteiger partial charge on any atom is 0.123 e. The summed E-state index contributed by atoms with van der Waals surface area (Å²) in [4.78, 5) is 2.37. The van der Waals surface area contributed by atoms with Gasteiger partial charge < -0.3 is 10.2 Å². The van der Waals surface area contributed by atoms with E-state index in [4.69, 9.17) is 5.26 Å². The van der Waals surface area contributed by atoms with Gasteiger partial charge in [0.1, 0.15) is 5.82 Å². The number of benzene rings is 1. The van der Waals surface area contributed by atoms with Crippen molar-refractivity contribution >= 4 is 0 Å². The van der Waals surface area contributed by atoms with Gasteiger partial charge in [-0.25, -0.2) is 4.39 Å². The Balaban J connectivity index is 1.73. The first-order valence-corrected chi connectivity index (χ1v) is 7.27. The first kappa shape index (κ1) is 15.0. The summed E-state index contributed by atoms with van der Waals surface area (Å²) in [5.41, 5.74) is 1.30. The van der Waals surface area contributed by atoms with Gasteiger partial charge >= 0.3 is 0 Å². The molecule has 1 aliphatic heterocycles. The van der Waals surface area contributed by atoms with Crippen LogP contribution in [0.25, 0.3) is 0 Å². The molecule has 0 atom stereocenters. The zero-order valence-electron chi connectivity index (χ0n) is 12.0. The molecule has 2 rings (SSSR count). The number of nitrogens with zero attached hydrogens (tertiary/aromatic N) is 2. The lowest BCUT2D eigenvalue weighted by molar-refractivity contribution is 0.211. The highest BCUT2D eigenvalue weighted by Crippen LogP contribution is 2.18. The molecular formula is C16H22FN3. The van der Waals surface area contributed by atoms with E-state index < -0.39 is 0 Å². The Morgan fingerprint density at radius 2 is 2.15 bits per heavy atom. The molecule has 20 heavy (non-hydrogen) atoms. The Morgan fingerprint density at radius 1 is 1.40 bits per heavy atom. The second kappa shape index (κ2) is 7.37. The summed E-state index contributed by atoms with van der Waals surface area (Å²) in [5.74, 6) is 0.512. The van der Waals surface area contributed by atoms with Crippen LogP contribution in [0.5, 0.6) is 0 Å². The van der Waals surface area contributed by atoms with E-state index in [2.05, 4.69) is 23.3 Å². The summed E-state index contributed by atoms with van der Waals surface area (Å²) in [6, 6.07) is 6.43. The summed E-state index contributed by atoms with van der Waals surface area (Å²) in [7, 11) is 2.17. The van der Waals surface area contributed by atoms with Crippen LogP contribution >= 0.6 is 0 Å². The third-order valence-corrected chi connectivity index (χ3v) is 4.07. The van der Waals surface area contributed by atoms with Crippen LogP contribution < -0.4 is 5.32 Å². The predicted molar refractivity (Wildman–Crippen MR) is 77.7 cm³/mol. The van der Waals surface area contributed by atoms with Gasteiger partial charge in [-0.1, -0.05) is 0 Å². The molecule has 0 aromatic heterocycles. The molecule has 0 radical (unpaired) electrons. The van der Waals surface area contributed by atoms with Gasteiger partial charge in [-0.2, -0.15) is 5.26 Å². The van der Waals surface area contributed by atoms with Gasteiger partial charge in [0.25, 0.3) is 0 Å². The fourth-order valence-electron chi connectivity index (χ4n) is 2.70. The van der Waals surface area contributed by atoms with Gasteiger partial charge in [0.2, 0.25) is 0 Å². The number of rotatable bonds is 5. The smallest absolute Gasteiger partial charge is 0.123 e. The van der Waals surface area contributed by atoms with Gasteiger partial charge in [0, 0.05) is 6.54 Å². The summed E-state index contributed by atoms with van der Waals surface area (Å²) < 4.78 is 13.2. The first-order chi connectivity index (χ1) is 9.69. The number of likely N-dealkylation sites (tertiary alicyclic amines) is 1. The van der Waals surface area contributed by atoms with Crippen molar-refractivity contribution in [3.05, 3.63) is 35.1 Å². The topological polar surface area (TPSA) is 39.1 Å². The molecule has 0 aliphatic carbocycles. The molecule has 0 unspecified atom stereocenters. The van der Waals surface area contributed by atoms with E-state index in [9.17, 15) is 4.39 Å². The van der Waals surface area contributed by atoms with Crippen LogP contribution in [0.1, 0.15) is 30.4 Å². The molecule has 1 N–H and O–H groups in total. The fraction of sp³-hybridized carbons (Fsp3) is 0.562. The summed E-state index contributed by atoms with van der Waals surface area (Å²) in [6.07, 6.45) is 3.69. The second-order valence-corrected chi connectivity index (χ2v) is 5.63. The lowest BCUT2D eigenvalue weighted by atomic mass is 9.94. The molecule has 1 aromatic carbocycles. The molecule has 1 fully saturated rings. The van der Waals surface area contributed by atoms with Crippen LogP contribution in [-0.2, 0) is 6.54 Å². The van der Waals surface area contributed by atoms with Crippen LogP contribution in [0.15, 0.2) is 18.2 Å². The molecule has 3 nitrogen and oxygen atoms in total. The molecule has 0 amide bonds.